The Kier molecular flexibility index (Phi) is 26.6. The molecule has 1 amide bonds. The molecule has 1 fully saturated rings. The van der Waals surface area contributed by atoms with Crippen molar-refractivity contribution in [3.63, 3.8) is 0 Å². The van der Waals surface area contributed by atoms with Gasteiger partial charge in [0.05, 0.1) is 0 Å². The van der Waals surface area contributed by atoms with Crippen LogP contribution in [0.15, 0.2) is 84.9 Å². The number of likely N-dealkylation sites (tertiary alicyclic amines) is 1. The van der Waals surface area contributed by atoms with E-state index in [-0.39, 0.29) is 42.2 Å². The van der Waals surface area contributed by atoms with Crippen LogP contribution in [-0.4, -0.2) is 57.0 Å². The Bertz CT molecular complexity index is 1310. The summed E-state index contributed by atoms with van der Waals surface area (Å²) in [6.07, 6.45) is 4.80. The van der Waals surface area contributed by atoms with E-state index >= 15 is 0 Å². The second-order valence-corrected chi connectivity index (χ2v) is 12.3. The number of carbonyl (C=O) groups is 5. The molecular formula is C39H55NO7S. The number of nitrogens with zero attached hydrogens (tertiary/aromatic N) is 1. The fourth-order valence-electron chi connectivity index (χ4n) is 3.87. The van der Waals surface area contributed by atoms with Crippen molar-refractivity contribution in [2.45, 2.75) is 88.0 Å². The molecule has 1 heterocycles. The van der Waals surface area contributed by atoms with E-state index in [1.54, 1.807) is 32.9 Å². The van der Waals surface area contributed by atoms with E-state index in [1.807, 2.05) is 84.6 Å². The van der Waals surface area contributed by atoms with Gasteiger partial charge in [-0.2, -0.15) is 0 Å². The van der Waals surface area contributed by atoms with Gasteiger partial charge in [-0.05, 0) is 84.1 Å². The Morgan fingerprint density at radius 3 is 1.33 bits per heavy atom. The van der Waals surface area contributed by atoms with Crippen molar-refractivity contribution in [3.8, 4) is 5.75 Å². The van der Waals surface area contributed by atoms with Crippen LogP contribution in [0.25, 0.3) is 0 Å². The van der Waals surface area contributed by atoms with Crippen molar-refractivity contribution in [2.24, 2.45) is 0 Å². The minimum atomic E-state index is -1.56. The van der Waals surface area contributed by atoms with Crippen LogP contribution in [0.1, 0.15) is 84.9 Å². The Morgan fingerprint density at radius 1 is 0.625 bits per heavy atom. The van der Waals surface area contributed by atoms with E-state index in [4.69, 9.17) is 4.18 Å². The first kappa shape index (κ1) is 45.9. The average molecular weight is 682 g/mol. The number of aryl methyl sites for hydroxylation is 1. The van der Waals surface area contributed by atoms with Crippen LogP contribution in [0.3, 0.4) is 0 Å². The standard InChI is InChI=1S/C10H12O3S.2C9H10O.C7H13NO.C3H6O.CH4/c1-8-3-5-10(6-4-8)13-14(12)7-9(2)11;2*1-8(10)7-9-5-3-2-4-6-9;1-7(9)8-5-3-2-4-6-8;1-3(2)4;/h3-6H,7H2,1-2H3;2*2-6H,7H2,1H3;2-6H2,1H3;1-2H3;1H4. The van der Waals surface area contributed by atoms with E-state index < -0.39 is 11.1 Å². The van der Waals surface area contributed by atoms with Gasteiger partial charge in [-0.1, -0.05) is 85.8 Å². The average Bonchev–Trinajstić information content (AvgIpc) is 2.99. The minimum absolute atomic E-state index is 0. The first-order chi connectivity index (χ1) is 22.2. The van der Waals surface area contributed by atoms with Gasteiger partial charge in [0.15, 0.2) is 0 Å². The first-order valence-electron chi connectivity index (χ1n) is 15.6. The smallest absolute Gasteiger partial charge is 0.219 e. The second-order valence-electron chi connectivity index (χ2n) is 11.3. The largest absolute Gasteiger partial charge is 0.400 e. The summed E-state index contributed by atoms with van der Waals surface area (Å²) < 4.78 is 16.2. The van der Waals surface area contributed by atoms with Gasteiger partial charge in [0.1, 0.15) is 34.6 Å². The van der Waals surface area contributed by atoms with Crippen LogP contribution in [0, 0.1) is 6.92 Å². The lowest BCUT2D eigenvalue weighted by atomic mass is 10.1. The summed E-state index contributed by atoms with van der Waals surface area (Å²) in [6, 6.07) is 26.7. The molecule has 1 aliphatic rings. The molecular weight excluding hydrogens is 626 g/mol. The number of benzene rings is 3. The van der Waals surface area contributed by atoms with Crippen LogP contribution in [0.2, 0.25) is 0 Å². The third-order valence-electron chi connectivity index (χ3n) is 5.92. The number of amides is 1. The van der Waals surface area contributed by atoms with E-state index in [0.717, 1.165) is 29.8 Å². The van der Waals surface area contributed by atoms with Crippen molar-refractivity contribution in [1.82, 2.24) is 4.90 Å². The Morgan fingerprint density at radius 2 is 1.02 bits per heavy atom. The van der Waals surface area contributed by atoms with Gasteiger partial charge >= 0.3 is 0 Å². The normalized spacial score (nSPS) is 11.7. The highest BCUT2D eigenvalue weighted by Crippen LogP contribution is 2.12. The number of rotatable bonds is 8. The summed E-state index contributed by atoms with van der Waals surface area (Å²) in [4.78, 5) is 53.9. The predicted octanol–water partition coefficient (Wildman–Crippen LogP) is 7.51. The minimum Gasteiger partial charge on any atom is -0.400 e. The van der Waals surface area contributed by atoms with Crippen molar-refractivity contribution in [2.75, 3.05) is 18.8 Å². The van der Waals surface area contributed by atoms with E-state index in [9.17, 15) is 28.2 Å². The fourth-order valence-corrected chi connectivity index (χ4v) is 4.59. The molecule has 0 saturated carbocycles. The molecule has 0 aromatic heterocycles. The summed E-state index contributed by atoms with van der Waals surface area (Å²) in [5, 5.41) is 0. The predicted molar refractivity (Wildman–Crippen MR) is 196 cm³/mol. The molecule has 8 nitrogen and oxygen atoms in total. The van der Waals surface area contributed by atoms with Gasteiger partial charge in [-0.3, -0.25) is 19.2 Å². The fraction of sp³-hybridized carbons (Fsp3) is 0.410. The molecule has 1 saturated heterocycles. The zero-order chi connectivity index (χ0) is 35.6. The number of piperidine rings is 1. The first-order valence-corrected chi connectivity index (χ1v) is 16.9. The number of Topliss-reactive ketones (excluding diaryl/α,β-unsaturated/α-hetero) is 4. The molecule has 48 heavy (non-hydrogen) atoms. The van der Waals surface area contributed by atoms with Crippen LogP contribution in [0.5, 0.6) is 5.75 Å². The summed E-state index contributed by atoms with van der Waals surface area (Å²) in [5.74, 6) is 1.14. The highest BCUT2D eigenvalue weighted by atomic mass is 32.2. The molecule has 9 heteroatoms. The number of hydrogen-bond acceptors (Lipinski definition) is 7. The Balaban J connectivity index is 0. The SMILES string of the molecule is C.CC(=O)CS(=O)Oc1ccc(C)cc1.CC(=O)Cc1ccccc1.CC(=O)Cc1ccccc1.CC(=O)N1CCCCC1.CC(C)=O. The monoisotopic (exact) mass is 681 g/mol. The van der Waals surface area contributed by atoms with Gasteiger partial charge in [0, 0.05) is 32.9 Å². The lowest BCUT2D eigenvalue weighted by Crippen LogP contribution is -2.33. The van der Waals surface area contributed by atoms with Crippen molar-refractivity contribution in [1.29, 1.82) is 0 Å². The zero-order valence-electron chi connectivity index (χ0n) is 29.0. The topological polar surface area (TPSA) is 115 Å². The molecule has 0 aliphatic carbocycles. The highest BCUT2D eigenvalue weighted by Gasteiger charge is 2.11. The third-order valence-corrected chi connectivity index (χ3v) is 6.95. The van der Waals surface area contributed by atoms with Crippen molar-refractivity contribution >= 4 is 40.1 Å². The van der Waals surface area contributed by atoms with Crippen LogP contribution >= 0.6 is 0 Å². The molecule has 1 aliphatic heterocycles. The molecule has 0 N–H and O–H groups in total. The molecule has 264 valence electrons. The maximum absolute atomic E-state index is 11.2. The molecule has 3 aromatic carbocycles. The van der Waals surface area contributed by atoms with Gasteiger partial charge in [0.25, 0.3) is 0 Å². The van der Waals surface area contributed by atoms with Crippen LogP contribution < -0.4 is 4.18 Å². The van der Waals surface area contributed by atoms with Gasteiger partial charge in [-0.25, -0.2) is 4.21 Å². The Hall–Kier alpha value is -4.24. The summed E-state index contributed by atoms with van der Waals surface area (Å²) >= 11 is -1.56. The van der Waals surface area contributed by atoms with Gasteiger partial charge in [-0.15, -0.1) is 0 Å². The van der Waals surface area contributed by atoms with Gasteiger partial charge < -0.3 is 13.9 Å². The summed E-state index contributed by atoms with van der Waals surface area (Å²) in [6.45, 7) is 13.2. The van der Waals surface area contributed by atoms with Crippen LogP contribution in [0.4, 0.5) is 0 Å². The van der Waals surface area contributed by atoms with E-state index in [0.29, 0.717) is 18.6 Å². The molecule has 0 bridgehead atoms. The van der Waals surface area contributed by atoms with Gasteiger partial charge in [0.2, 0.25) is 17.0 Å². The molecule has 4 rings (SSSR count). The highest BCUT2D eigenvalue weighted by molar-refractivity contribution is 7.81. The summed E-state index contributed by atoms with van der Waals surface area (Å²) in [5.41, 5.74) is 3.29. The summed E-state index contributed by atoms with van der Waals surface area (Å²) in [7, 11) is 0. The molecule has 3 aromatic rings. The van der Waals surface area contributed by atoms with Crippen LogP contribution in [-0.2, 0) is 47.9 Å². The van der Waals surface area contributed by atoms with E-state index in [1.165, 1.54) is 40.0 Å². The Labute approximate surface area is 290 Å². The number of carbonyl (C=O) groups excluding carboxylic acids is 5. The maximum Gasteiger partial charge on any atom is 0.219 e. The zero-order valence-corrected chi connectivity index (χ0v) is 29.8. The third kappa shape index (κ3) is 28.0. The lowest BCUT2D eigenvalue weighted by Gasteiger charge is -2.24. The molecule has 1 unspecified atom stereocenters. The van der Waals surface area contributed by atoms with E-state index in [2.05, 4.69) is 0 Å². The maximum atomic E-state index is 11.2. The molecule has 0 radical (unpaired) electrons. The van der Waals surface area contributed by atoms with Crippen molar-refractivity contribution < 1.29 is 32.4 Å². The molecule has 0 spiro atoms. The molecule has 1 atom stereocenters. The number of ketones is 4. The lowest BCUT2D eigenvalue weighted by molar-refractivity contribution is -0.129. The number of hydrogen-bond donors (Lipinski definition) is 0. The second kappa shape index (κ2) is 27.8. The van der Waals surface area contributed by atoms with Crippen molar-refractivity contribution in [3.05, 3.63) is 102 Å². The quantitative estimate of drug-likeness (QED) is 0.242.